The number of rotatable bonds is 14. The van der Waals surface area contributed by atoms with Crippen LogP contribution in [0.4, 0.5) is 10.3 Å². The van der Waals surface area contributed by atoms with E-state index in [-0.39, 0.29) is 11.8 Å². The average molecular weight is 585 g/mol. The van der Waals surface area contributed by atoms with Crippen LogP contribution in [-0.2, 0) is 31.9 Å². The van der Waals surface area contributed by atoms with Gasteiger partial charge in [0, 0.05) is 27.1 Å². The van der Waals surface area contributed by atoms with Gasteiger partial charge in [0.1, 0.15) is 10.0 Å². The highest BCUT2D eigenvalue weighted by molar-refractivity contribution is 7.99. The normalized spacial score (nSPS) is 12.6. The standard InChI is InChI=1S/C26H28N6O4S3/c1-35-21(17-9-5-3-6-10-17)23(33)27-25-31-29-19(38-25)13-15-37-16-14-20-30-32-26(39-20)28-24(34)22(36-2)18-11-7-4-8-12-18/h3-12,21-22H,13-16H2,1-2H3,(H,27,31,33)(H,28,32,34). The molecule has 2 amide bonds. The number of anilines is 2. The zero-order valence-corrected chi connectivity index (χ0v) is 23.9. The maximum atomic E-state index is 12.6. The third kappa shape index (κ3) is 8.38. The van der Waals surface area contributed by atoms with E-state index in [1.165, 1.54) is 36.9 Å². The van der Waals surface area contributed by atoms with Crippen LogP contribution in [0.1, 0.15) is 33.4 Å². The largest absolute Gasteiger partial charge is 0.367 e. The lowest BCUT2D eigenvalue weighted by Gasteiger charge is -2.14. The molecule has 0 aliphatic heterocycles. The van der Waals surface area contributed by atoms with Crippen molar-refractivity contribution in [2.45, 2.75) is 25.0 Å². The maximum absolute atomic E-state index is 12.6. The van der Waals surface area contributed by atoms with Crippen LogP contribution in [0.25, 0.3) is 0 Å². The summed E-state index contributed by atoms with van der Waals surface area (Å²) in [7, 11) is 3.00. The van der Waals surface area contributed by atoms with Gasteiger partial charge in [0.2, 0.25) is 10.3 Å². The molecule has 4 rings (SSSR count). The topological polar surface area (TPSA) is 128 Å². The predicted octanol–water partition coefficient (Wildman–Crippen LogP) is 4.56. The Bertz CT molecular complexity index is 1230. The second kappa shape index (κ2) is 14.8. The Morgan fingerprint density at radius 1 is 0.718 bits per heavy atom. The molecule has 2 aromatic heterocycles. The summed E-state index contributed by atoms with van der Waals surface area (Å²) < 4.78 is 10.7. The van der Waals surface area contributed by atoms with Gasteiger partial charge in [0.25, 0.3) is 11.8 Å². The average Bonchev–Trinajstić information content (AvgIpc) is 3.59. The van der Waals surface area contributed by atoms with E-state index in [9.17, 15) is 9.59 Å². The van der Waals surface area contributed by atoms with Gasteiger partial charge in [0.05, 0.1) is 0 Å². The summed E-state index contributed by atoms with van der Waals surface area (Å²) in [5.74, 6) is 1.13. The number of hydrogen-bond acceptors (Lipinski definition) is 11. The molecule has 2 unspecified atom stereocenters. The van der Waals surface area contributed by atoms with Crippen molar-refractivity contribution in [2.75, 3.05) is 36.4 Å². The molecule has 204 valence electrons. The summed E-state index contributed by atoms with van der Waals surface area (Å²) in [6.45, 7) is 0. The second-order valence-electron chi connectivity index (χ2n) is 8.15. The first-order valence-corrected chi connectivity index (χ1v) is 14.9. The van der Waals surface area contributed by atoms with Gasteiger partial charge in [-0.2, -0.15) is 11.8 Å². The Morgan fingerprint density at radius 2 is 1.13 bits per heavy atom. The van der Waals surface area contributed by atoms with E-state index in [2.05, 4.69) is 31.0 Å². The van der Waals surface area contributed by atoms with E-state index in [1.807, 2.05) is 60.7 Å². The number of thioether (sulfide) groups is 1. The van der Waals surface area contributed by atoms with Crippen LogP contribution < -0.4 is 10.6 Å². The number of hydrogen-bond donors (Lipinski definition) is 2. The minimum atomic E-state index is -0.714. The molecule has 2 aromatic carbocycles. The van der Waals surface area contributed by atoms with Gasteiger partial charge in [-0.3, -0.25) is 20.2 Å². The number of methoxy groups -OCH3 is 2. The third-order valence-corrected chi connectivity index (χ3v) is 8.25. The predicted molar refractivity (Wildman–Crippen MR) is 154 cm³/mol. The van der Waals surface area contributed by atoms with Crippen molar-refractivity contribution < 1.29 is 19.1 Å². The van der Waals surface area contributed by atoms with E-state index >= 15 is 0 Å². The minimum Gasteiger partial charge on any atom is -0.367 e. The van der Waals surface area contributed by atoms with Gasteiger partial charge in [-0.1, -0.05) is 83.3 Å². The number of nitrogens with one attached hydrogen (secondary N) is 2. The minimum absolute atomic E-state index is 0.286. The fourth-order valence-corrected chi connectivity index (χ4v) is 6.24. The fourth-order valence-electron chi connectivity index (χ4n) is 3.62. The van der Waals surface area contributed by atoms with Crippen molar-refractivity contribution in [3.63, 3.8) is 0 Å². The fraction of sp³-hybridized carbons (Fsp3) is 0.308. The van der Waals surface area contributed by atoms with Gasteiger partial charge in [-0.15, -0.1) is 20.4 Å². The molecule has 4 aromatic rings. The number of carbonyl (C=O) groups is 2. The molecule has 0 fully saturated rings. The first kappa shape index (κ1) is 28.8. The van der Waals surface area contributed by atoms with Crippen molar-refractivity contribution in [2.24, 2.45) is 0 Å². The number of carbonyl (C=O) groups excluding carboxylic acids is 2. The molecule has 0 bridgehead atoms. The molecule has 10 nitrogen and oxygen atoms in total. The smallest absolute Gasteiger partial charge is 0.259 e. The lowest BCUT2D eigenvalue weighted by molar-refractivity contribution is -0.126. The van der Waals surface area contributed by atoms with E-state index in [4.69, 9.17) is 9.47 Å². The van der Waals surface area contributed by atoms with Gasteiger partial charge >= 0.3 is 0 Å². The summed E-state index contributed by atoms with van der Waals surface area (Å²) in [6, 6.07) is 18.6. The van der Waals surface area contributed by atoms with Gasteiger partial charge < -0.3 is 9.47 Å². The van der Waals surface area contributed by atoms with Gasteiger partial charge in [-0.25, -0.2) is 0 Å². The number of amides is 2. The monoisotopic (exact) mass is 584 g/mol. The lowest BCUT2D eigenvalue weighted by Crippen LogP contribution is -2.22. The molecular weight excluding hydrogens is 557 g/mol. The highest BCUT2D eigenvalue weighted by atomic mass is 32.2. The first-order valence-electron chi connectivity index (χ1n) is 12.1. The van der Waals surface area contributed by atoms with Crippen molar-refractivity contribution in [3.05, 3.63) is 81.8 Å². The highest BCUT2D eigenvalue weighted by Crippen LogP contribution is 2.24. The van der Waals surface area contributed by atoms with Crippen LogP contribution >= 0.6 is 34.4 Å². The molecule has 0 saturated carbocycles. The van der Waals surface area contributed by atoms with Crippen LogP contribution in [0.2, 0.25) is 0 Å². The van der Waals surface area contributed by atoms with Gasteiger partial charge in [0.15, 0.2) is 12.2 Å². The first-order chi connectivity index (χ1) is 19.1. The SMILES string of the molecule is COC(C(=O)Nc1nnc(CCSCCc2nnc(NC(=O)C(OC)c3ccccc3)s2)s1)c1ccccc1. The quantitative estimate of drug-likeness (QED) is 0.205. The molecule has 0 radical (unpaired) electrons. The second-order valence-corrected chi connectivity index (χ2v) is 11.5. The van der Waals surface area contributed by atoms with E-state index < -0.39 is 12.2 Å². The molecule has 0 aliphatic carbocycles. The van der Waals surface area contributed by atoms with Crippen molar-refractivity contribution >= 4 is 56.5 Å². The molecular formula is C26H28N6O4S3. The number of nitrogens with zero attached hydrogens (tertiary/aromatic N) is 4. The Morgan fingerprint density at radius 3 is 1.51 bits per heavy atom. The zero-order chi connectivity index (χ0) is 27.5. The summed E-state index contributed by atoms with van der Waals surface area (Å²) in [5.41, 5.74) is 1.55. The summed E-state index contributed by atoms with van der Waals surface area (Å²) >= 11 is 4.48. The molecule has 39 heavy (non-hydrogen) atoms. The highest BCUT2D eigenvalue weighted by Gasteiger charge is 2.22. The summed E-state index contributed by atoms with van der Waals surface area (Å²) in [4.78, 5) is 25.2. The van der Waals surface area contributed by atoms with E-state index in [1.54, 1.807) is 11.8 Å². The molecule has 13 heteroatoms. The molecule has 0 saturated heterocycles. The molecule has 2 N–H and O–H groups in total. The third-order valence-electron chi connectivity index (χ3n) is 5.47. The summed E-state index contributed by atoms with van der Waals surface area (Å²) in [6.07, 6.45) is 0.0435. The Kier molecular flexibility index (Phi) is 10.9. The van der Waals surface area contributed by atoms with Crippen LogP contribution in [0.3, 0.4) is 0 Å². The van der Waals surface area contributed by atoms with E-state index in [0.29, 0.717) is 10.3 Å². The number of aromatic nitrogens is 4. The number of ether oxygens (including phenoxy) is 2. The van der Waals surface area contributed by atoms with Crippen LogP contribution in [-0.4, -0.2) is 57.9 Å². The number of benzene rings is 2. The van der Waals surface area contributed by atoms with Crippen LogP contribution in [0.15, 0.2) is 60.7 Å². The Hall–Kier alpha value is -3.23. The van der Waals surface area contributed by atoms with Crippen molar-refractivity contribution in [1.82, 2.24) is 20.4 Å². The zero-order valence-electron chi connectivity index (χ0n) is 21.4. The Balaban J connectivity index is 1.17. The maximum Gasteiger partial charge on any atom is 0.259 e. The number of aryl methyl sites for hydroxylation is 2. The Labute approximate surface area is 238 Å². The summed E-state index contributed by atoms with van der Waals surface area (Å²) in [5, 5.41) is 24.7. The van der Waals surface area contributed by atoms with Crippen molar-refractivity contribution in [1.29, 1.82) is 0 Å². The molecule has 0 spiro atoms. The van der Waals surface area contributed by atoms with Crippen LogP contribution in [0.5, 0.6) is 0 Å². The van der Waals surface area contributed by atoms with Crippen molar-refractivity contribution in [3.8, 4) is 0 Å². The molecule has 2 heterocycles. The van der Waals surface area contributed by atoms with E-state index in [0.717, 1.165) is 45.5 Å². The van der Waals surface area contributed by atoms with Gasteiger partial charge in [-0.05, 0) is 22.6 Å². The molecule has 0 aliphatic rings. The molecule has 2 atom stereocenters. The lowest BCUT2D eigenvalue weighted by atomic mass is 10.1. The van der Waals surface area contributed by atoms with Crippen LogP contribution in [0, 0.1) is 0 Å².